The molecular weight excluding hydrogens is 586 g/mol. The van der Waals surface area contributed by atoms with Crippen molar-refractivity contribution in [3.8, 4) is 0 Å². The first-order chi connectivity index (χ1) is 21.1. The van der Waals surface area contributed by atoms with Gasteiger partial charge in [-0.15, -0.1) is 0 Å². The molecule has 0 radical (unpaired) electrons. The Bertz CT molecular complexity index is 1680. The number of carbonyl (C=O) groups excluding carboxylic acids is 4. The summed E-state index contributed by atoms with van der Waals surface area (Å²) in [5, 5.41) is 7.12. The van der Waals surface area contributed by atoms with E-state index in [1.807, 2.05) is 24.3 Å². The molecule has 0 spiro atoms. The Balaban J connectivity index is 1.37. The number of nitrogens with one attached hydrogen (secondary N) is 3. The second-order valence-electron chi connectivity index (χ2n) is 11.2. The lowest BCUT2D eigenvalue weighted by atomic mass is 9.81. The van der Waals surface area contributed by atoms with Crippen LogP contribution in [0.25, 0.3) is 0 Å². The van der Waals surface area contributed by atoms with Crippen LogP contribution >= 0.6 is 0 Å². The van der Waals surface area contributed by atoms with E-state index in [1.54, 1.807) is 18.2 Å². The van der Waals surface area contributed by atoms with Crippen LogP contribution in [0.4, 0.5) is 0 Å². The molecule has 8 bridgehead atoms. The van der Waals surface area contributed by atoms with E-state index < -0.39 is 39.0 Å². The largest absolute Gasteiger partial charge is 0.350 e. The summed E-state index contributed by atoms with van der Waals surface area (Å²) in [5.41, 5.74) is 2.03. The zero-order valence-electron chi connectivity index (χ0n) is 23.9. The van der Waals surface area contributed by atoms with Crippen molar-refractivity contribution in [2.75, 3.05) is 13.1 Å². The second-order valence-corrected chi connectivity index (χ2v) is 12.8. The first-order valence-corrected chi connectivity index (χ1v) is 15.9. The molecular formula is C31H33N5O7S. The van der Waals surface area contributed by atoms with Gasteiger partial charge >= 0.3 is 0 Å². The molecule has 230 valence electrons. The summed E-state index contributed by atoms with van der Waals surface area (Å²) in [6, 6.07) is 16.6. The van der Waals surface area contributed by atoms with Gasteiger partial charge in [0.25, 0.3) is 27.8 Å². The third kappa shape index (κ3) is 7.71. The van der Waals surface area contributed by atoms with Crippen LogP contribution in [-0.4, -0.2) is 64.8 Å². The van der Waals surface area contributed by atoms with E-state index >= 15 is 0 Å². The lowest BCUT2D eigenvalue weighted by Gasteiger charge is -2.34. The molecule has 8 rings (SSSR count). The van der Waals surface area contributed by atoms with Gasteiger partial charge in [-0.2, -0.15) is 8.42 Å². The topological polar surface area (TPSA) is 185 Å². The maximum atomic E-state index is 12.9. The molecule has 0 saturated heterocycles. The molecule has 0 unspecified atom stereocenters. The number of ketones is 1. The van der Waals surface area contributed by atoms with E-state index in [0.29, 0.717) is 19.3 Å². The number of amides is 3. The van der Waals surface area contributed by atoms with Crippen LogP contribution in [0.1, 0.15) is 78.8 Å². The van der Waals surface area contributed by atoms with E-state index in [2.05, 4.69) is 25.9 Å². The molecule has 44 heavy (non-hydrogen) atoms. The van der Waals surface area contributed by atoms with Crippen molar-refractivity contribution in [3.05, 3.63) is 94.6 Å². The van der Waals surface area contributed by atoms with E-state index in [9.17, 15) is 32.1 Å². The fourth-order valence-corrected chi connectivity index (χ4v) is 6.82. The molecule has 3 amide bonds. The summed E-state index contributed by atoms with van der Waals surface area (Å²) >= 11 is 0. The third-order valence-corrected chi connectivity index (χ3v) is 9.44. The van der Waals surface area contributed by atoms with Gasteiger partial charge in [-0.25, -0.2) is 9.97 Å². The van der Waals surface area contributed by atoms with Crippen molar-refractivity contribution in [2.45, 2.75) is 43.9 Å². The van der Waals surface area contributed by atoms with E-state index in [0.717, 1.165) is 11.1 Å². The first-order valence-electron chi connectivity index (χ1n) is 14.4. The van der Waals surface area contributed by atoms with Crippen molar-refractivity contribution < 1.29 is 32.1 Å². The van der Waals surface area contributed by atoms with E-state index in [-0.39, 0.29) is 67.0 Å². The SMILES string of the molecule is O=C1CCc2ccc(cc2)CNC(=O)c2cccc(n2)C(=O)NC[C@@H]2CC[C@H](CNC(=O)c3cccc1n3)[C@H](S(=O)(=O)O)C2. The monoisotopic (exact) mass is 619 g/mol. The maximum absolute atomic E-state index is 12.9. The van der Waals surface area contributed by atoms with Crippen LogP contribution in [0.2, 0.25) is 0 Å². The Morgan fingerprint density at radius 3 is 1.84 bits per heavy atom. The summed E-state index contributed by atoms with van der Waals surface area (Å²) in [6.07, 6.45) is 1.63. The van der Waals surface area contributed by atoms with E-state index in [4.69, 9.17) is 0 Å². The van der Waals surface area contributed by atoms with Crippen LogP contribution in [0.15, 0.2) is 60.7 Å². The molecule has 3 atom stereocenters. The number of pyridine rings is 2. The Labute approximate surface area is 254 Å². The number of hydrogen-bond donors (Lipinski definition) is 4. The minimum atomic E-state index is -4.45. The minimum absolute atomic E-state index is 0.0169. The number of carbonyl (C=O) groups is 4. The first kappa shape index (κ1) is 31.0. The molecule has 1 saturated carbocycles. The predicted molar refractivity (Wildman–Crippen MR) is 160 cm³/mol. The van der Waals surface area contributed by atoms with Crippen molar-refractivity contribution >= 4 is 33.6 Å². The Kier molecular flexibility index (Phi) is 9.45. The molecule has 4 N–H and O–H groups in total. The minimum Gasteiger partial charge on any atom is -0.350 e. The van der Waals surface area contributed by atoms with Crippen LogP contribution < -0.4 is 16.0 Å². The number of Topliss-reactive ketones (excluding diaryl/α,β-unsaturated/α-hetero) is 1. The van der Waals surface area contributed by atoms with Crippen molar-refractivity contribution in [1.82, 2.24) is 25.9 Å². The fraction of sp³-hybridized carbons (Fsp3) is 0.355. The predicted octanol–water partition coefficient (Wildman–Crippen LogP) is 2.37. The van der Waals surface area contributed by atoms with Gasteiger partial charge in [0.15, 0.2) is 5.78 Å². The van der Waals surface area contributed by atoms with Gasteiger partial charge in [-0.3, -0.25) is 23.7 Å². The standard InChI is InChI=1S/C31H33N5O7S/c37-27-14-12-19-7-9-20(10-8-19)16-32-29(38)25-5-2-6-26(36-25)30(39)33-17-21-11-13-22(28(15-21)44(41,42)43)18-34-31(40)24-4-1-3-23(27)35-24/h1-10,21-22,28H,11-18H2,(H,32,38)(H,33,39)(H,34,40)(H,41,42,43)/t21-,22-,28-/m1/s1. The van der Waals surface area contributed by atoms with Crippen molar-refractivity contribution in [3.63, 3.8) is 0 Å². The van der Waals surface area contributed by atoms with Gasteiger partial charge in [0, 0.05) is 26.1 Å². The Morgan fingerprint density at radius 1 is 0.659 bits per heavy atom. The molecule has 12 nitrogen and oxygen atoms in total. The summed E-state index contributed by atoms with van der Waals surface area (Å²) in [7, 11) is -4.45. The third-order valence-electron chi connectivity index (χ3n) is 8.09. The number of nitrogens with zero attached hydrogens (tertiary/aromatic N) is 2. The summed E-state index contributed by atoms with van der Waals surface area (Å²) in [5.74, 6) is -2.56. The van der Waals surface area contributed by atoms with Gasteiger partial charge in [0.2, 0.25) is 0 Å². The lowest BCUT2D eigenvalue weighted by Crippen LogP contribution is -2.44. The van der Waals surface area contributed by atoms with Crippen molar-refractivity contribution in [1.29, 1.82) is 0 Å². The smallest absolute Gasteiger partial charge is 0.270 e. The van der Waals surface area contributed by atoms with Crippen LogP contribution in [0.3, 0.4) is 0 Å². The van der Waals surface area contributed by atoms with Crippen LogP contribution in [-0.2, 0) is 23.1 Å². The molecule has 2 aromatic heterocycles. The summed E-state index contributed by atoms with van der Waals surface area (Å²) in [4.78, 5) is 59.8. The Hall–Kier alpha value is -4.49. The maximum Gasteiger partial charge on any atom is 0.270 e. The molecule has 5 aliphatic rings. The van der Waals surface area contributed by atoms with Crippen molar-refractivity contribution in [2.24, 2.45) is 11.8 Å². The van der Waals surface area contributed by atoms with Gasteiger partial charge in [0.05, 0.1) is 5.25 Å². The highest BCUT2D eigenvalue weighted by Gasteiger charge is 2.38. The number of hydrogen-bond acceptors (Lipinski definition) is 8. The second kappa shape index (κ2) is 13.4. The van der Waals surface area contributed by atoms with Crippen LogP contribution in [0.5, 0.6) is 0 Å². The zero-order chi connectivity index (χ0) is 31.3. The van der Waals surface area contributed by atoms with Gasteiger partial charge in [-0.1, -0.05) is 36.4 Å². The average Bonchev–Trinajstić information content (AvgIpc) is 3.03. The number of aryl methyl sites for hydroxylation is 1. The normalized spacial score (nSPS) is 22.2. The quantitative estimate of drug-likeness (QED) is 0.297. The number of benzene rings is 1. The Morgan fingerprint density at radius 2 is 1.20 bits per heavy atom. The number of aromatic nitrogens is 2. The molecule has 1 aliphatic carbocycles. The molecule has 3 aromatic rings. The molecule has 6 heterocycles. The highest BCUT2D eigenvalue weighted by molar-refractivity contribution is 7.86. The molecule has 4 aliphatic heterocycles. The number of rotatable bonds is 1. The molecule has 1 aromatic carbocycles. The van der Waals surface area contributed by atoms with E-state index in [1.165, 1.54) is 18.2 Å². The molecule has 1 fully saturated rings. The summed E-state index contributed by atoms with van der Waals surface area (Å²) < 4.78 is 34.6. The van der Waals surface area contributed by atoms with Gasteiger partial charge in [-0.05, 0) is 72.9 Å². The molecule has 13 heteroatoms. The van der Waals surface area contributed by atoms with Gasteiger partial charge < -0.3 is 16.0 Å². The highest BCUT2D eigenvalue weighted by Crippen LogP contribution is 2.33. The zero-order valence-corrected chi connectivity index (χ0v) is 24.7. The average molecular weight is 620 g/mol. The summed E-state index contributed by atoms with van der Waals surface area (Å²) in [6.45, 7) is 0.353. The lowest BCUT2D eigenvalue weighted by molar-refractivity contribution is 0.0914. The van der Waals surface area contributed by atoms with Gasteiger partial charge in [0.1, 0.15) is 22.8 Å². The highest BCUT2D eigenvalue weighted by atomic mass is 32.2. The fourth-order valence-electron chi connectivity index (χ4n) is 5.59. The van der Waals surface area contributed by atoms with Crippen LogP contribution in [0, 0.1) is 11.8 Å².